The van der Waals surface area contributed by atoms with E-state index in [9.17, 15) is 13.2 Å². The minimum Gasteiger partial charge on any atom is -0.497 e. The normalized spacial score (nSPS) is 13.1. The number of benzene rings is 4. The van der Waals surface area contributed by atoms with Gasteiger partial charge in [0.15, 0.2) is 0 Å². The highest BCUT2D eigenvalue weighted by Crippen LogP contribution is 2.33. The summed E-state index contributed by atoms with van der Waals surface area (Å²) in [5, 5.41) is 5.40. The monoisotopic (exact) mass is 518 g/mol. The van der Waals surface area contributed by atoms with Crippen molar-refractivity contribution in [2.24, 2.45) is 5.92 Å². The van der Waals surface area contributed by atoms with Gasteiger partial charge in [0.2, 0.25) is 10.0 Å². The van der Waals surface area contributed by atoms with Crippen molar-refractivity contribution in [2.75, 3.05) is 26.1 Å². The zero-order chi connectivity index (χ0) is 26.4. The molecule has 4 aromatic rings. The van der Waals surface area contributed by atoms with Crippen LogP contribution in [-0.2, 0) is 19.6 Å². The van der Waals surface area contributed by atoms with E-state index in [1.165, 1.54) is 7.11 Å². The van der Waals surface area contributed by atoms with Gasteiger partial charge in [0, 0.05) is 12.2 Å². The molecular formula is C29H30N2O5S. The largest absolute Gasteiger partial charge is 0.497 e. The van der Waals surface area contributed by atoms with Crippen molar-refractivity contribution in [3.63, 3.8) is 0 Å². The minimum atomic E-state index is -3.86. The number of carbonyl (C=O) groups is 1. The van der Waals surface area contributed by atoms with Crippen molar-refractivity contribution in [1.82, 2.24) is 4.72 Å². The van der Waals surface area contributed by atoms with E-state index in [-0.39, 0.29) is 11.4 Å². The van der Waals surface area contributed by atoms with Gasteiger partial charge < -0.3 is 14.8 Å². The van der Waals surface area contributed by atoms with Crippen LogP contribution in [0.2, 0.25) is 0 Å². The van der Waals surface area contributed by atoms with Crippen LogP contribution in [-0.4, -0.2) is 35.2 Å². The van der Waals surface area contributed by atoms with E-state index in [0.29, 0.717) is 5.75 Å². The fraction of sp³-hybridized carbons (Fsp3) is 0.207. The lowest BCUT2D eigenvalue weighted by Crippen LogP contribution is -2.39. The lowest BCUT2D eigenvalue weighted by Gasteiger charge is -2.29. The summed E-state index contributed by atoms with van der Waals surface area (Å²) in [6, 6.07) is 27.0. The number of ether oxygens (including phenoxy) is 2. The number of aryl methyl sites for hydroxylation is 1. The van der Waals surface area contributed by atoms with Gasteiger partial charge in [-0.05, 0) is 59.7 Å². The molecule has 0 fully saturated rings. The van der Waals surface area contributed by atoms with Crippen molar-refractivity contribution < 1.29 is 22.7 Å². The Balaban J connectivity index is 1.74. The number of rotatable bonds is 10. The molecule has 0 aliphatic carbocycles. The number of methoxy groups -OCH3 is 2. The first-order valence-corrected chi connectivity index (χ1v) is 13.3. The lowest BCUT2D eigenvalue weighted by atomic mass is 9.89. The molecule has 192 valence electrons. The molecule has 0 heterocycles. The molecule has 0 saturated heterocycles. The molecule has 0 amide bonds. The van der Waals surface area contributed by atoms with Crippen LogP contribution in [0.25, 0.3) is 10.8 Å². The summed E-state index contributed by atoms with van der Waals surface area (Å²) in [7, 11) is -0.961. The SMILES string of the molecule is COC(=O)[C@@H](CNS(=O)(=O)c1ccc(C)cc1)[C@H](Nc1ccc(OC)cc1)c1cccc2ccccc12. The average Bonchev–Trinajstić information content (AvgIpc) is 2.92. The van der Waals surface area contributed by atoms with Gasteiger partial charge in [0.05, 0.1) is 31.1 Å². The molecule has 37 heavy (non-hydrogen) atoms. The second kappa shape index (κ2) is 11.5. The van der Waals surface area contributed by atoms with Gasteiger partial charge in [-0.25, -0.2) is 13.1 Å². The number of fused-ring (bicyclic) bond motifs is 1. The number of hydrogen-bond acceptors (Lipinski definition) is 6. The highest BCUT2D eigenvalue weighted by molar-refractivity contribution is 7.89. The van der Waals surface area contributed by atoms with Crippen LogP contribution in [0.3, 0.4) is 0 Å². The Bertz CT molecular complexity index is 1460. The molecule has 0 saturated carbocycles. The second-order valence-corrected chi connectivity index (χ2v) is 10.5. The zero-order valence-corrected chi connectivity index (χ0v) is 21.8. The third-order valence-corrected chi connectivity index (χ3v) is 7.74. The van der Waals surface area contributed by atoms with Crippen LogP contribution in [0, 0.1) is 12.8 Å². The van der Waals surface area contributed by atoms with Crippen LogP contribution in [0.4, 0.5) is 5.69 Å². The Morgan fingerprint density at radius 2 is 1.54 bits per heavy atom. The molecule has 0 unspecified atom stereocenters. The topological polar surface area (TPSA) is 93.7 Å². The number of sulfonamides is 1. The smallest absolute Gasteiger partial charge is 0.312 e. The molecule has 4 aromatic carbocycles. The molecule has 0 aliphatic rings. The summed E-state index contributed by atoms with van der Waals surface area (Å²) in [5.74, 6) is -0.716. The molecule has 8 heteroatoms. The highest BCUT2D eigenvalue weighted by atomic mass is 32.2. The second-order valence-electron chi connectivity index (χ2n) is 8.71. The molecule has 0 radical (unpaired) electrons. The summed E-state index contributed by atoms with van der Waals surface area (Å²) in [6.07, 6.45) is 0. The molecule has 7 nitrogen and oxygen atoms in total. The van der Waals surface area contributed by atoms with Gasteiger partial charge in [0.1, 0.15) is 5.75 Å². The molecule has 0 aromatic heterocycles. The molecule has 2 N–H and O–H groups in total. The van der Waals surface area contributed by atoms with Crippen molar-refractivity contribution in [1.29, 1.82) is 0 Å². The maximum atomic E-state index is 13.1. The Morgan fingerprint density at radius 1 is 0.865 bits per heavy atom. The quantitative estimate of drug-likeness (QED) is 0.285. The highest BCUT2D eigenvalue weighted by Gasteiger charge is 2.33. The molecule has 4 rings (SSSR count). The van der Waals surface area contributed by atoms with E-state index in [0.717, 1.165) is 27.6 Å². The predicted octanol–water partition coefficient (Wildman–Crippen LogP) is 5.08. The summed E-state index contributed by atoms with van der Waals surface area (Å²) in [5.41, 5.74) is 2.54. The molecule has 2 atom stereocenters. The molecule has 0 spiro atoms. The maximum Gasteiger partial charge on any atom is 0.312 e. The van der Waals surface area contributed by atoms with Crippen LogP contribution >= 0.6 is 0 Å². The minimum absolute atomic E-state index is 0.131. The van der Waals surface area contributed by atoms with Crippen molar-refractivity contribution in [3.8, 4) is 5.75 Å². The van der Waals surface area contributed by atoms with Crippen molar-refractivity contribution >= 4 is 32.5 Å². The fourth-order valence-electron chi connectivity index (χ4n) is 4.27. The van der Waals surface area contributed by atoms with E-state index in [1.54, 1.807) is 31.4 Å². The van der Waals surface area contributed by atoms with E-state index < -0.39 is 28.0 Å². The molecule has 0 aliphatic heterocycles. The summed E-state index contributed by atoms with van der Waals surface area (Å²) >= 11 is 0. The Labute approximate surface area is 217 Å². The van der Waals surface area contributed by atoms with E-state index in [4.69, 9.17) is 9.47 Å². The lowest BCUT2D eigenvalue weighted by molar-refractivity contribution is -0.145. The van der Waals surface area contributed by atoms with Crippen LogP contribution in [0.1, 0.15) is 17.2 Å². The summed E-state index contributed by atoms with van der Waals surface area (Å²) < 4.78 is 39.2. The van der Waals surface area contributed by atoms with Crippen molar-refractivity contribution in [2.45, 2.75) is 17.9 Å². The number of nitrogens with one attached hydrogen (secondary N) is 2. The van der Waals surface area contributed by atoms with Gasteiger partial charge in [-0.3, -0.25) is 4.79 Å². The third-order valence-electron chi connectivity index (χ3n) is 6.30. The van der Waals surface area contributed by atoms with Crippen LogP contribution in [0.15, 0.2) is 95.9 Å². The summed E-state index contributed by atoms with van der Waals surface area (Å²) in [6.45, 7) is 1.72. The zero-order valence-electron chi connectivity index (χ0n) is 21.0. The molecule has 0 bridgehead atoms. The number of anilines is 1. The average molecular weight is 519 g/mol. The van der Waals surface area contributed by atoms with Gasteiger partial charge in [0.25, 0.3) is 0 Å². The maximum absolute atomic E-state index is 13.1. The number of esters is 1. The van der Waals surface area contributed by atoms with Gasteiger partial charge >= 0.3 is 5.97 Å². The Kier molecular flexibility index (Phi) is 8.11. The first-order valence-electron chi connectivity index (χ1n) is 11.8. The first kappa shape index (κ1) is 26.2. The third kappa shape index (κ3) is 6.10. The molecular weight excluding hydrogens is 488 g/mol. The fourth-order valence-corrected chi connectivity index (χ4v) is 5.33. The van der Waals surface area contributed by atoms with E-state index >= 15 is 0 Å². The summed E-state index contributed by atoms with van der Waals surface area (Å²) in [4.78, 5) is 13.3. The van der Waals surface area contributed by atoms with Crippen LogP contribution in [0.5, 0.6) is 5.75 Å². The van der Waals surface area contributed by atoms with E-state index in [1.807, 2.05) is 73.7 Å². The number of hydrogen-bond donors (Lipinski definition) is 2. The van der Waals surface area contributed by atoms with E-state index in [2.05, 4.69) is 10.0 Å². The standard InChI is InChI=1S/C29H30N2O5S/c1-20-11-17-24(18-12-20)37(33,34)30-19-27(29(32)36-3)28(31-22-13-15-23(35-2)16-14-22)26-10-6-8-21-7-4-5-9-25(21)26/h4-18,27-28,30-31H,19H2,1-3H3/t27-,28+/m0/s1. The van der Waals surface area contributed by atoms with Gasteiger partial charge in [-0.2, -0.15) is 0 Å². The predicted molar refractivity (Wildman–Crippen MR) is 145 cm³/mol. The van der Waals surface area contributed by atoms with Gasteiger partial charge in [-0.15, -0.1) is 0 Å². The van der Waals surface area contributed by atoms with Gasteiger partial charge in [-0.1, -0.05) is 60.2 Å². The Morgan fingerprint density at radius 3 is 2.22 bits per heavy atom. The number of carbonyl (C=O) groups excluding carboxylic acids is 1. The van der Waals surface area contributed by atoms with Crippen molar-refractivity contribution in [3.05, 3.63) is 102 Å². The Hall–Kier alpha value is -3.88. The van der Waals surface area contributed by atoms with Crippen LogP contribution < -0.4 is 14.8 Å². The first-order chi connectivity index (χ1) is 17.8.